The summed E-state index contributed by atoms with van der Waals surface area (Å²) in [5.74, 6) is 1.28. The van der Waals surface area contributed by atoms with Gasteiger partial charge in [-0.2, -0.15) is 0 Å². The van der Waals surface area contributed by atoms with Crippen molar-refractivity contribution in [3.8, 4) is 17.1 Å². The van der Waals surface area contributed by atoms with Gasteiger partial charge in [-0.1, -0.05) is 0 Å². The Labute approximate surface area is 156 Å². The first-order valence-corrected chi connectivity index (χ1v) is 8.79. The van der Waals surface area contributed by atoms with Crippen LogP contribution in [0.5, 0.6) is 5.75 Å². The van der Waals surface area contributed by atoms with Crippen LogP contribution >= 0.6 is 0 Å². The Morgan fingerprint density at radius 1 is 1.19 bits per heavy atom. The number of amides is 2. The number of nitrogens with one attached hydrogen (secondary N) is 1. The lowest BCUT2D eigenvalue weighted by atomic mass is 10.1. The molecule has 3 aromatic rings. The molecule has 0 radical (unpaired) electrons. The second kappa shape index (κ2) is 6.79. The van der Waals surface area contributed by atoms with Gasteiger partial charge in [0.15, 0.2) is 0 Å². The molecule has 0 unspecified atom stereocenters. The number of methoxy groups -OCH3 is 1. The van der Waals surface area contributed by atoms with E-state index in [0.717, 1.165) is 18.5 Å². The van der Waals surface area contributed by atoms with E-state index in [9.17, 15) is 9.59 Å². The molecule has 1 aliphatic heterocycles. The average molecular weight is 367 g/mol. The topological polar surface area (TPSA) is 83.5 Å². The molecule has 0 atom stereocenters. The molecular weight excluding hydrogens is 346 g/mol. The Morgan fingerprint density at radius 2 is 2.04 bits per heavy atom. The summed E-state index contributed by atoms with van der Waals surface area (Å²) >= 11 is 0. The fourth-order valence-electron chi connectivity index (χ4n) is 3.35. The van der Waals surface area contributed by atoms with Crippen molar-refractivity contribution < 1.29 is 9.53 Å². The molecule has 8 heteroatoms. The molecule has 8 nitrogen and oxygen atoms in total. The first kappa shape index (κ1) is 17.1. The lowest BCUT2D eigenvalue weighted by Gasteiger charge is -2.17. The fourth-order valence-corrected chi connectivity index (χ4v) is 3.35. The zero-order chi connectivity index (χ0) is 19.0. The molecule has 2 amide bonds. The number of urea groups is 1. The van der Waals surface area contributed by atoms with E-state index in [-0.39, 0.29) is 11.6 Å². The summed E-state index contributed by atoms with van der Waals surface area (Å²) in [6.07, 6.45) is 3.50. The number of fused-ring (bicyclic) bond motifs is 1. The van der Waals surface area contributed by atoms with Gasteiger partial charge in [0.05, 0.1) is 18.2 Å². The highest BCUT2D eigenvalue weighted by Crippen LogP contribution is 2.22. The van der Waals surface area contributed by atoms with E-state index >= 15 is 0 Å². The van der Waals surface area contributed by atoms with Gasteiger partial charge < -0.3 is 24.1 Å². The Bertz CT molecular complexity index is 1050. The van der Waals surface area contributed by atoms with Gasteiger partial charge in [0.2, 0.25) is 0 Å². The largest absolute Gasteiger partial charge is 0.497 e. The van der Waals surface area contributed by atoms with Crippen LogP contribution in [0.25, 0.3) is 22.3 Å². The third-order valence-electron chi connectivity index (χ3n) is 4.92. The van der Waals surface area contributed by atoms with Crippen LogP contribution in [0.4, 0.5) is 4.79 Å². The standard InChI is InChI=1S/C19H21N5O3/c1-22-7-8-24(19(22)26)10-9-23-6-5-20-17(23)15-11-13-3-4-14(27-2)12-16(13)21-18(15)25/h3-6,11-12H,7-10H2,1-2H3,(H,21,25). The van der Waals surface area contributed by atoms with Crippen LogP contribution in [-0.4, -0.2) is 64.2 Å². The minimum atomic E-state index is -0.208. The molecular formula is C19H21N5O3. The number of aromatic amines is 1. The van der Waals surface area contributed by atoms with Crippen molar-refractivity contribution >= 4 is 16.9 Å². The number of aromatic nitrogens is 3. The highest BCUT2D eigenvalue weighted by Gasteiger charge is 2.25. The summed E-state index contributed by atoms with van der Waals surface area (Å²) < 4.78 is 7.11. The number of imidazole rings is 1. The molecule has 1 N–H and O–H groups in total. The SMILES string of the molecule is COc1ccc2cc(-c3nccn3CCN3CCN(C)C3=O)c(=O)[nH]c2c1. The van der Waals surface area contributed by atoms with Crippen LogP contribution in [0.1, 0.15) is 0 Å². The van der Waals surface area contributed by atoms with Gasteiger partial charge in [0.25, 0.3) is 5.56 Å². The minimum Gasteiger partial charge on any atom is -0.497 e. The number of ether oxygens (including phenoxy) is 1. The van der Waals surface area contributed by atoms with Crippen LogP contribution in [0.2, 0.25) is 0 Å². The quantitative estimate of drug-likeness (QED) is 0.745. The van der Waals surface area contributed by atoms with E-state index in [4.69, 9.17) is 4.74 Å². The summed E-state index contributed by atoms with van der Waals surface area (Å²) in [5, 5.41) is 0.899. The van der Waals surface area contributed by atoms with Gasteiger partial charge in [-0.3, -0.25) is 4.79 Å². The fraction of sp³-hybridized carbons (Fsp3) is 0.316. The predicted molar refractivity (Wildman–Crippen MR) is 102 cm³/mol. The molecule has 3 heterocycles. The summed E-state index contributed by atoms with van der Waals surface area (Å²) in [6.45, 7) is 2.62. The summed E-state index contributed by atoms with van der Waals surface area (Å²) in [6, 6.07) is 7.42. The number of rotatable bonds is 5. The maximum atomic E-state index is 12.6. The van der Waals surface area contributed by atoms with Gasteiger partial charge in [0, 0.05) is 51.7 Å². The molecule has 4 rings (SSSR count). The second-order valence-electron chi connectivity index (χ2n) is 6.60. The van der Waals surface area contributed by atoms with E-state index in [2.05, 4.69) is 9.97 Å². The molecule has 0 bridgehead atoms. The van der Waals surface area contributed by atoms with E-state index < -0.39 is 0 Å². The molecule has 27 heavy (non-hydrogen) atoms. The van der Waals surface area contributed by atoms with E-state index in [0.29, 0.717) is 35.7 Å². The zero-order valence-corrected chi connectivity index (χ0v) is 15.3. The third kappa shape index (κ3) is 3.14. The summed E-state index contributed by atoms with van der Waals surface area (Å²) in [5.41, 5.74) is 1.01. The number of nitrogens with zero attached hydrogens (tertiary/aromatic N) is 4. The number of pyridine rings is 1. The number of hydrogen-bond acceptors (Lipinski definition) is 4. The summed E-state index contributed by atoms with van der Waals surface area (Å²) in [7, 11) is 3.39. The number of benzene rings is 1. The Hall–Kier alpha value is -3.29. The Morgan fingerprint density at radius 3 is 2.78 bits per heavy atom. The van der Waals surface area contributed by atoms with Gasteiger partial charge in [-0.15, -0.1) is 0 Å². The third-order valence-corrected chi connectivity index (χ3v) is 4.92. The molecule has 140 valence electrons. The van der Waals surface area contributed by atoms with Crippen LogP contribution < -0.4 is 10.3 Å². The maximum Gasteiger partial charge on any atom is 0.319 e. The van der Waals surface area contributed by atoms with E-state index in [1.807, 2.05) is 29.0 Å². The highest BCUT2D eigenvalue weighted by molar-refractivity contribution is 5.83. The van der Waals surface area contributed by atoms with Gasteiger partial charge in [0.1, 0.15) is 11.6 Å². The Balaban J connectivity index is 1.63. The van der Waals surface area contributed by atoms with Crippen molar-refractivity contribution in [1.82, 2.24) is 24.3 Å². The van der Waals surface area contributed by atoms with Gasteiger partial charge in [-0.05, 0) is 23.6 Å². The molecule has 0 saturated carbocycles. The monoisotopic (exact) mass is 367 g/mol. The lowest BCUT2D eigenvalue weighted by molar-refractivity contribution is 0.197. The number of likely N-dealkylation sites (N-methyl/N-ethyl adjacent to an activating group) is 1. The average Bonchev–Trinajstić information content (AvgIpc) is 3.26. The van der Waals surface area contributed by atoms with Crippen molar-refractivity contribution in [3.63, 3.8) is 0 Å². The molecule has 2 aromatic heterocycles. The number of H-pyrrole nitrogens is 1. The number of hydrogen-bond donors (Lipinski definition) is 1. The molecule has 1 aliphatic rings. The first-order valence-electron chi connectivity index (χ1n) is 8.79. The van der Waals surface area contributed by atoms with Crippen LogP contribution in [0, 0.1) is 0 Å². The van der Waals surface area contributed by atoms with E-state index in [1.165, 1.54) is 0 Å². The van der Waals surface area contributed by atoms with Crippen LogP contribution in [0.3, 0.4) is 0 Å². The van der Waals surface area contributed by atoms with Crippen molar-refractivity contribution in [2.45, 2.75) is 6.54 Å². The van der Waals surface area contributed by atoms with Gasteiger partial charge >= 0.3 is 6.03 Å². The highest BCUT2D eigenvalue weighted by atomic mass is 16.5. The number of carbonyl (C=O) groups excluding carboxylic acids is 1. The second-order valence-corrected chi connectivity index (χ2v) is 6.60. The first-order chi connectivity index (χ1) is 13.1. The van der Waals surface area contributed by atoms with E-state index in [1.54, 1.807) is 36.2 Å². The summed E-state index contributed by atoms with van der Waals surface area (Å²) in [4.78, 5) is 35.4. The van der Waals surface area contributed by atoms with Crippen LogP contribution in [0.15, 0.2) is 41.5 Å². The molecule has 1 saturated heterocycles. The predicted octanol–water partition coefficient (Wildman–Crippen LogP) is 1.77. The number of carbonyl (C=O) groups is 1. The molecule has 1 fully saturated rings. The molecule has 1 aromatic carbocycles. The molecule has 0 spiro atoms. The minimum absolute atomic E-state index is 0.0363. The van der Waals surface area contributed by atoms with Gasteiger partial charge in [-0.25, -0.2) is 9.78 Å². The van der Waals surface area contributed by atoms with Crippen molar-refractivity contribution in [3.05, 3.63) is 47.0 Å². The normalized spacial score (nSPS) is 14.4. The maximum absolute atomic E-state index is 12.6. The van der Waals surface area contributed by atoms with Crippen molar-refractivity contribution in [2.75, 3.05) is 33.8 Å². The van der Waals surface area contributed by atoms with Crippen molar-refractivity contribution in [2.24, 2.45) is 0 Å². The van der Waals surface area contributed by atoms with Crippen LogP contribution in [-0.2, 0) is 6.54 Å². The Kier molecular flexibility index (Phi) is 4.31. The molecule has 0 aliphatic carbocycles. The lowest BCUT2D eigenvalue weighted by Crippen LogP contribution is -2.32. The van der Waals surface area contributed by atoms with Crippen molar-refractivity contribution in [1.29, 1.82) is 0 Å². The smallest absolute Gasteiger partial charge is 0.319 e. The zero-order valence-electron chi connectivity index (χ0n) is 15.3.